The number of rotatable bonds is 2. The standard InChI is InChI=1S/C13H22N2O/c1-3-12(16)15-9-5-6-13(15)7-10-14(4-2)11-8-13/h3H,1,4-11H2,2H3. The van der Waals surface area contributed by atoms with E-state index in [1.54, 1.807) is 0 Å². The lowest BCUT2D eigenvalue weighted by molar-refractivity contribution is -0.131. The minimum atomic E-state index is 0.127. The second kappa shape index (κ2) is 4.58. The Morgan fingerprint density at radius 1 is 1.31 bits per heavy atom. The van der Waals surface area contributed by atoms with Gasteiger partial charge < -0.3 is 9.80 Å². The molecule has 3 nitrogen and oxygen atoms in total. The van der Waals surface area contributed by atoms with Crippen molar-refractivity contribution in [1.29, 1.82) is 0 Å². The second-order valence-electron chi connectivity index (χ2n) is 4.96. The molecule has 2 aliphatic heterocycles. The highest BCUT2D eigenvalue weighted by atomic mass is 16.2. The van der Waals surface area contributed by atoms with Crippen LogP contribution in [0.1, 0.15) is 32.6 Å². The highest BCUT2D eigenvalue weighted by molar-refractivity contribution is 5.87. The highest BCUT2D eigenvalue weighted by Crippen LogP contribution is 2.38. The van der Waals surface area contributed by atoms with E-state index in [2.05, 4.69) is 23.3 Å². The van der Waals surface area contributed by atoms with Crippen molar-refractivity contribution in [3.63, 3.8) is 0 Å². The van der Waals surface area contributed by atoms with E-state index in [4.69, 9.17) is 0 Å². The van der Waals surface area contributed by atoms with Gasteiger partial charge in [0.25, 0.3) is 0 Å². The van der Waals surface area contributed by atoms with Gasteiger partial charge in [-0.2, -0.15) is 0 Å². The fourth-order valence-corrected chi connectivity index (χ4v) is 3.20. The number of likely N-dealkylation sites (tertiary alicyclic amines) is 2. The van der Waals surface area contributed by atoms with Crippen molar-refractivity contribution < 1.29 is 4.79 Å². The predicted octanol–water partition coefficient (Wildman–Crippen LogP) is 1.65. The maximum absolute atomic E-state index is 11.8. The van der Waals surface area contributed by atoms with E-state index in [0.29, 0.717) is 0 Å². The molecule has 0 N–H and O–H groups in total. The van der Waals surface area contributed by atoms with Gasteiger partial charge in [0, 0.05) is 25.2 Å². The van der Waals surface area contributed by atoms with Crippen LogP contribution in [0.25, 0.3) is 0 Å². The van der Waals surface area contributed by atoms with Crippen molar-refractivity contribution >= 4 is 5.91 Å². The molecule has 2 heterocycles. The molecule has 2 fully saturated rings. The normalized spacial score (nSPS) is 24.9. The molecule has 0 aromatic carbocycles. The van der Waals surface area contributed by atoms with Crippen LogP contribution in [0.5, 0.6) is 0 Å². The van der Waals surface area contributed by atoms with E-state index in [-0.39, 0.29) is 11.4 Å². The molecule has 1 spiro atoms. The third-order valence-corrected chi connectivity index (χ3v) is 4.27. The Balaban J connectivity index is 2.07. The molecular formula is C13H22N2O. The maximum atomic E-state index is 11.8. The molecule has 0 bridgehead atoms. The summed E-state index contributed by atoms with van der Waals surface area (Å²) in [5.41, 5.74) is 0.164. The van der Waals surface area contributed by atoms with Gasteiger partial charge in [0.1, 0.15) is 0 Å². The minimum Gasteiger partial charge on any atom is -0.333 e. The fourth-order valence-electron chi connectivity index (χ4n) is 3.20. The lowest BCUT2D eigenvalue weighted by Gasteiger charge is -2.44. The third kappa shape index (κ3) is 1.88. The molecule has 0 atom stereocenters. The van der Waals surface area contributed by atoms with Crippen LogP contribution in [-0.4, -0.2) is 47.4 Å². The maximum Gasteiger partial charge on any atom is 0.246 e. The van der Waals surface area contributed by atoms with E-state index < -0.39 is 0 Å². The van der Waals surface area contributed by atoms with Gasteiger partial charge in [-0.3, -0.25) is 4.79 Å². The van der Waals surface area contributed by atoms with Gasteiger partial charge in [-0.15, -0.1) is 0 Å². The quantitative estimate of drug-likeness (QED) is 0.663. The van der Waals surface area contributed by atoms with Gasteiger partial charge >= 0.3 is 0 Å². The van der Waals surface area contributed by atoms with Crippen LogP contribution in [-0.2, 0) is 4.79 Å². The zero-order valence-corrected chi connectivity index (χ0v) is 10.2. The number of piperidine rings is 1. The van der Waals surface area contributed by atoms with E-state index in [1.807, 2.05) is 0 Å². The van der Waals surface area contributed by atoms with Crippen LogP contribution < -0.4 is 0 Å². The van der Waals surface area contributed by atoms with Crippen molar-refractivity contribution in [2.75, 3.05) is 26.2 Å². The Morgan fingerprint density at radius 3 is 2.56 bits per heavy atom. The molecule has 0 aromatic heterocycles. The predicted molar refractivity (Wildman–Crippen MR) is 65.2 cm³/mol. The van der Waals surface area contributed by atoms with Gasteiger partial charge in [0.2, 0.25) is 5.91 Å². The Labute approximate surface area is 98.1 Å². The minimum absolute atomic E-state index is 0.127. The molecule has 3 heteroatoms. The number of hydrogen-bond donors (Lipinski definition) is 0. The van der Waals surface area contributed by atoms with Gasteiger partial charge in [-0.1, -0.05) is 13.5 Å². The first-order chi connectivity index (χ1) is 7.72. The van der Waals surface area contributed by atoms with Crippen molar-refractivity contribution in [3.05, 3.63) is 12.7 Å². The van der Waals surface area contributed by atoms with Crippen molar-refractivity contribution in [1.82, 2.24) is 9.80 Å². The molecule has 0 radical (unpaired) electrons. The first-order valence-electron chi connectivity index (χ1n) is 6.38. The molecule has 16 heavy (non-hydrogen) atoms. The van der Waals surface area contributed by atoms with Crippen LogP contribution in [0.2, 0.25) is 0 Å². The first-order valence-corrected chi connectivity index (χ1v) is 6.38. The molecule has 0 saturated carbocycles. The molecule has 0 aromatic rings. The Bertz CT molecular complexity index is 280. The van der Waals surface area contributed by atoms with Gasteiger partial charge in [-0.05, 0) is 38.3 Å². The van der Waals surface area contributed by atoms with Crippen LogP contribution in [0.15, 0.2) is 12.7 Å². The largest absolute Gasteiger partial charge is 0.333 e. The third-order valence-electron chi connectivity index (χ3n) is 4.27. The van der Waals surface area contributed by atoms with Crippen molar-refractivity contribution in [3.8, 4) is 0 Å². The number of carbonyl (C=O) groups excluding carboxylic acids is 1. The zero-order chi connectivity index (χ0) is 11.6. The van der Waals surface area contributed by atoms with E-state index in [1.165, 1.54) is 12.5 Å². The second-order valence-corrected chi connectivity index (χ2v) is 4.96. The lowest BCUT2D eigenvalue weighted by atomic mass is 9.85. The van der Waals surface area contributed by atoms with E-state index in [9.17, 15) is 4.79 Å². The fraction of sp³-hybridized carbons (Fsp3) is 0.769. The van der Waals surface area contributed by atoms with E-state index >= 15 is 0 Å². The van der Waals surface area contributed by atoms with Gasteiger partial charge in [0.15, 0.2) is 0 Å². The molecule has 0 aliphatic carbocycles. The average molecular weight is 222 g/mol. The highest BCUT2D eigenvalue weighted by Gasteiger charge is 2.44. The molecule has 1 amide bonds. The number of carbonyl (C=O) groups is 1. The van der Waals surface area contributed by atoms with Crippen molar-refractivity contribution in [2.24, 2.45) is 0 Å². The smallest absolute Gasteiger partial charge is 0.246 e. The Kier molecular flexibility index (Phi) is 3.33. The summed E-state index contributed by atoms with van der Waals surface area (Å²) in [5, 5.41) is 0. The molecule has 2 aliphatic rings. The SMILES string of the molecule is C=CC(=O)N1CCCC12CCN(CC)CC2. The molecule has 90 valence electrons. The Morgan fingerprint density at radius 2 is 2.00 bits per heavy atom. The summed E-state index contributed by atoms with van der Waals surface area (Å²) < 4.78 is 0. The summed E-state index contributed by atoms with van der Waals surface area (Å²) in [5.74, 6) is 0.127. The molecule has 2 rings (SSSR count). The van der Waals surface area contributed by atoms with E-state index in [0.717, 1.165) is 45.4 Å². The van der Waals surface area contributed by atoms with Gasteiger partial charge in [-0.25, -0.2) is 0 Å². The monoisotopic (exact) mass is 222 g/mol. The topological polar surface area (TPSA) is 23.6 Å². The van der Waals surface area contributed by atoms with Gasteiger partial charge in [0.05, 0.1) is 0 Å². The Hall–Kier alpha value is -0.830. The zero-order valence-electron chi connectivity index (χ0n) is 10.2. The van der Waals surface area contributed by atoms with Crippen LogP contribution in [0.4, 0.5) is 0 Å². The van der Waals surface area contributed by atoms with Crippen LogP contribution in [0, 0.1) is 0 Å². The van der Waals surface area contributed by atoms with Crippen molar-refractivity contribution in [2.45, 2.75) is 38.1 Å². The number of amides is 1. The summed E-state index contributed by atoms with van der Waals surface area (Å²) in [6, 6.07) is 0. The average Bonchev–Trinajstić information content (AvgIpc) is 2.73. The summed E-state index contributed by atoms with van der Waals surface area (Å²) in [6.45, 7) is 10.2. The lowest BCUT2D eigenvalue weighted by Crippen LogP contribution is -2.53. The summed E-state index contributed by atoms with van der Waals surface area (Å²) in [7, 11) is 0. The first kappa shape index (κ1) is 11.6. The number of hydrogen-bond acceptors (Lipinski definition) is 2. The van der Waals surface area contributed by atoms with Crippen LogP contribution >= 0.6 is 0 Å². The summed E-state index contributed by atoms with van der Waals surface area (Å²) in [6.07, 6.45) is 6.09. The molecule has 0 unspecified atom stereocenters. The number of nitrogens with zero attached hydrogens (tertiary/aromatic N) is 2. The van der Waals surface area contributed by atoms with Crippen LogP contribution in [0.3, 0.4) is 0 Å². The molecular weight excluding hydrogens is 200 g/mol. The summed E-state index contributed by atoms with van der Waals surface area (Å²) >= 11 is 0. The summed E-state index contributed by atoms with van der Waals surface area (Å²) in [4.78, 5) is 16.4. The molecule has 2 saturated heterocycles.